The van der Waals surface area contributed by atoms with Crippen molar-refractivity contribution in [2.24, 2.45) is 0 Å². The highest BCUT2D eigenvalue weighted by molar-refractivity contribution is 6.49. The molecule has 2 aromatic rings. The Balaban J connectivity index is 1.55. The van der Waals surface area contributed by atoms with Gasteiger partial charge < -0.3 is 9.31 Å². The Hall–Kier alpha value is -1.61. The zero-order chi connectivity index (χ0) is 18.9. The first-order valence-corrected chi connectivity index (χ1v) is 8.71. The molecule has 4 rings (SSSR count). The van der Waals surface area contributed by atoms with Gasteiger partial charge in [-0.2, -0.15) is 18.3 Å². The SMILES string of the molecule is CC1(C)OB(C2C[C@@H]2c2cnc3cnn(CC(F)(F)F)c3c2)OC1(C)C. The number of hydrogen-bond acceptors (Lipinski definition) is 4. The van der Waals surface area contributed by atoms with Crippen molar-refractivity contribution in [1.82, 2.24) is 14.8 Å². The van der Waals surface area contributed by atoms with E-state index in [0.29, 0.717) is 11.0 Å². The van der Waals surface area contributed by atoms with Crippen LogP contribution < -0.4 is 0 Å². The summed E-state index contributed by atoms with van der Waals surface area (Å²) < 4.78 is 51.3. The van der Waals surface area contributed by atoms with E-state index in [1.165, 1.54) is 6.20 Å². The van der Waals surface area contributed by atoms with E-state index >= 15 is 0 Å². The zero-order valence-electron chi connectivity index (χ0n) is 15.2. The summed E-state index contributed by atoms with van der Waals surface area (Å²) in [7, 11) is -0.305. The lowest BCUT2D eigenvalue weighted by Crippen LogP contribution is -2.41. The number of fused-ring (bicyclic) bond motifs is 1. The molecule has 2 fully saturated rings. The van der Waals surface area contributed by atoms with Crippen LogP contribution in [0.1, 0.15) is 45.6 Å². The van der Waals surface area contributed by atoms with Gasteiger partial charge in [0.25, 0.3) is 0 Å². The third-order valence-electron chi connectivity index (χ3n) is 5.73. The van der Waals surface area contributed by atoms with E-state index in [1.807, 2.05) is 27.7 Å². The normalized spacial score (nSPS) is 27.3. The largest absolute Gasteiger partial charge is 0.461 e. The smallest absolute Gasteiger partial charge is 0.403 e. The molecule has 5 nitrogen and oxygen atoms in total. The molecule has 1 aliphatic carbocycles. The lowest BCUT2D eigenvalue weighted by Gasteiger charge is -2.32. The topological polar surface area (TPSA) is 49.2 Å². The molecule has 2 aliphatic rings. The lowest BCUT2D eigenvalue weighted by molar-refractivity contribution is -0.141. The summed E-state index contributed by atoms with van der Waals surface area (Å²) in [5, 5.41) is 3.82. The third kappa shape index (κ3) is 3.01. The lowest BCUT2D eigenvalue weighted by atomic mass is 9.80. The fraction of sp³-hybridized carbons (Fsp3) is 0.647. The number of pyridine rings is 1. The first-order valence-electron chi connectivity index (χ1n) is 8.71. The molecule has 0 spiro atoms. The first-order chi connectivity index (χ1) is 12.0. The van der Waals surface area contributed by atoms with E-state index in [9.17, 15) is 13.2 Å². The Morgan fingerprint density at radius 1 is 1.19 bits per heavy atom. The molecule has 0 radical (unpaired) electrons. The number of nitrogens with zero attached hydrogens (tertiary/aromatic N) is 3. The molecule has 140 valence electrons. The maximum Gasteiger partial charge on any atom is 0.461 e. The Bertz CT molecular complexity index is 833. The fourth-order valence-corrected chi connectivity index (χ4v) is 3.43. The van der Waals surface area contributed by atoms with Crippen LogP contribution in [0.4, 0.5) is 13.2 Å². The minimum Gasteiger partial charge on any atom is -0.403 e. The monoisotopic (exact) mass is 367 g/mol. The molecule has 0 bridgehead atoms. The highest BCUT2D eigenvalue weighted by Gasteiger charge is 2.59. The summed E-state index contributed by atoms with van der Waals surface area (Å²) in [6.07, 6.45) is -0.363. The van der Waals surface area contributed by atoms with Crippen LogP contribution in [0.3, 0.4) is 0 Å². The van der Waals surface area contributed by atoms with Gasteiger partial charge in [-0.05, 0) is 51.7 Å². The standard InChI is InChI=1S/C17H21BF3N3O2/c1-15(2)16(3,4)26-18(25-15)12-6-11(12)10-5-14-13(22-7-10)8-23-24(14)9-17(19,20)21/h5,7-8,11-12H,6,9H2,1-4H3/t11-,12?/m1/s1. The van der Waals surface area contributed by atoms with Crippen molar-refractivity contribution < 1.29 is 22.5 Å². The van der Waals surface area contributed by atoms with Crippen LogP contribution in [0.5, 0.6) is 0 Å². The van der Waals surface area contributed by atoms with Crippen molar-refractivity contribution in [3.63, 3.8) is 0 Å². The molecule has 9 heteroatoms. The number of alkyl halides is 3. The first kappa shape index (κ1) is 17.8. The molecule has 1 saturated carbocycles. The van der Waals surface area contributed by atoms with Crippen molar-refractivity contribution in [1.29, 1.82) is 0 Å². The molecule has 1 saturated heterocycles. The molecule has 2 aromatic heterocycles. The van der Waals surface area contributed by atoms with E-state index in [0.717, 1.165) is 16.7 Å². The van der Waals surface area contributed by atoms with E-state index in [4.69, 9.17) is 9.31 Å². The van der Waals surface area contributed by atoms with Gasteiger partial charge in [0.2, 0.25) is 0 Å². The highest BCUT2D eigenvalue weighted by Crippen LogP contribution is 2.58. The Morgan fingerprint density at radius 3 is 2.46 bits per heavy atom. The van der Waals surface area contributed by atoms with Crippen molar-refractivity contribution >= 4 is 18.2 Å². The maximum absolute atomic E-state index is 12.7. The predicted octanol–water partition coefficient (Wildman–Crippen LogP) is 3.94. The summed E-state index contributed by atoms with van der Waals surface area (Å²) >= 11 is 0. The van der Waals surface area contributed by atoms with Gasteiger partial charge in [0.1, 0.15) is 12.1 Å². The second kappa shape index (κ2) is 5.45. The fourth-order valence-electron chi connectivity index (χ4n) is 3.43. The number of halogens is 3. The van der Waals surface area contributed by atoms with Crippen LogP contribution in [-0.4, -0.2) is 39.3 Å². The zero-order valence-corrected chi connectivity index (χ0v) is 15.2. The van der Waals surface area contributed by atoms with Crippen molar-refractivity contribution in [3.05, 3.63) is 24.0 Å². The van der Waals surface area contributed by atoms with Crippen LogP contribution in [0.2, 0.25) is 5.82 Å². The number of aromatic nitrogens is 3. The van der Waals surface area contributed by atoms with Gasteiger partial charge in [0.15, 0.2) is 0 Å². The molecule has 0 amide bonds. The van der Waals surface area contributed by atoms with Gasteiger partial charge in [0.05, 0.1) is 22.9 Å². The van der Waals surface area contributed by atoms with E-state index < -0.39 is 23.9 Å². The predicted molar refractivity (Wildman–Crippen MR) is 90.8 cm³/mol. The molecule has 0 N–H and O–H groups in total. The summed E-state index contributed by atoms with van der Waals surface area (Å²) in [6, 6.07) is 1.76. The minimum atomic E-state index is -4.32. The molecule has 1 aliphatic heterocycles. The average Bonchev–Trinajstić information content (AvgIpc) is 3.16. The molecule has 2 atom stereocenters. The van der Waals surface area contributed by atoms with Gasteiger partial charge in [-0.1, -0.05) is 0 Å². The second-order valence-corrected chi connectivity index (χ2v) is 8.22. The quantitative estimate of drug-likeness (QED) is 0.771. The second-order valence-electron chi connectivity index (χ2n) is 8.22. The van der Waals surface area contributed by atoms with Crippen LogP contribution >= 0.6 is 0 Å². The number of hydrogen-bond donors (Lipinski definition) is 0. The van der Waals surface area contributed by atoms with Gasteiger partial charge in [-0.25, -0.2) is 0 Å². The molecule has 26 heavy (non-hydrogen) atoms. The molecular formula is C17H21BF3N3O2. The van der Waals surface area contributed by atoms with E-state index in [-0.39, 0.29) is 18.9 Å². The average molecular weight is 367 g/mol. The van der Waals surface area contributed by atoms with Crippen LogP contribution in [-0.2, 0) is 15.9 Å². The molecule has 0 aromatic carbocycles. The van der Waals surface area contributed by atoms with Crippen molar-refractivity contribution in [2.75, 3.05) is 0 Å². The summed E-state index contributed by atoms with van der Waals surface area (Å²) in [4.78, 5) is 4.28. The third-order valence-corrected chi connectivity index (χ3v) is 5.73. The van der Waals surface area contributed by atoms with Gasteiger partial charge >= 0.3 is 13.3 Å². The molecule has 1 unspecified atom stereocenters. The van der Waals surface area contributed by atoms with Gasteiger partial charge in [0, 0.05) is 12.0 Å². The Morgan fingerprint density at radius 2 is 1.85 bits per heavy atom. The van der Waals surface area contributed by atoms with Crippen LogP contribution in [0.15, 0.2) is 18.5 Å². The highest BCUT2D eigenvalue weighted by atomic mass is 19.4. The Kier molecular flexibility index (Phi) is 3.73. The van der Waals surface area contributed by atoms with Crippen LogP contribution in [0, 0.1) is 0 Å². The number of rotatable bonds is 3. The summed E-state index contributed by atoms with van der Waals surface area (Å²) in [5.41, 5.74) is 0.989. The summed E-state index contributed by atoms with van der Waals surface area (Å²) in [6.45, 7) is 6.91. The van der Waals surface area contributed by atoms with Crippen LogP contribution in [0.25, 0.3) is 11.0 Å². The van der Waals surface area contributed by atoms with Crippen molar-refractivity contribution in [3.8, 4) is 0 Å². The molecular weight excluding hydrogens is 346 g/mol. The molecule has 3 heterocycles. The minimum absolute atomic E-state index is 0.177. The summed E-state index contributed by atoms with van der Waals surface area (Å²) in [5.74, 6) is 0.366. The Labute approximate surface area is 150 Å². The van der Waals surface area contributed by atoms with E-state index in [1.54, 1.807) is 12.3 Å². The van der Waals surface area contributed by atoms with Gasteiger partial charge in [-0.15, -0.1) is 0 Å². The van der Waals surface area contributed by atoms with E-state index in [2.05, 4.69) is 10.1 Å². The van der Waals surface area contributed by atoms with Gasteiger partial charge in [-0.3, -0.25) is 9.67 Å². The maximum atomic E-state index is 12.7. The van der Waals surface area contributed by atoms with Crippen molar-refractivity contribution in [2.45, 2.75) is 69.8 Å².